The van der Waals surface area contributed by atoms with Gasteiger partial charge >= 0.3 is 12.1 Å². The minimum Gasteiger partial charge on any atom is -0.356 e. The minimum absolute atomic E-state index is 0.158. The van der Waals surface area contributed by atoms with Gasteiger partial charge in [-0.3, -0.25) is 14.7 Å². The number of rotatable bonds is 3. The molecule has 0 saturated carbocycles. The van der Waals surface area contributed by atoms with Crippen LogP contribution < -0.4 is 9.80 Å². The third-order valence-electron chi connectivity index (χ3n) is 4.30. The van der Waals surface area contributed by atoms with Gasteiger partial charge in [0, 0.05) is 31.5 Å². The van der Waals surface area contributed by atoms with Crippen molar-refractivity contribution in [2.75, 3.05) is 22.9 Å². The first kappa shape index (κ1) is 18.1. The Bertz CT molecular complexity index is 760. The molecule has 6 nitrogen and oxygen atoms in total. The van der Waals surface area contributed by atoms with Gasteiger partial charge in [-0.05, 0) is 38.0 Å². The monoisotopic (exact) mass is 365 g/mol. The van der Waals surface area contributed by atoms with Crippen molar-refractivity contribution < 1.29 is 18.0 Å². The summed E-state index contributed by atoms with van der Waals surface area (Å²) in [6.07, 6.45) is 0.263. The number of anilines is 2. The molecule has 0 spiro atoms. The molecule has 2 aromatic heterocycles. The maximum atomic E-state index is 13.1. The SMILES string of the molecule is Cc1nccc(N2CCC(N(C(=O)C(F)(F)F)c3cccnc3)CC2)n1. The van der Waals surface area contributed by atoms with Crippen LogP contribution >= 0.6 is 0 Å². The van der Waals surface area contributed by atoms with E-state index in [1.54, 1.807) is 19.2 Å². The van der Waals surface area contributed by atoms with E-state index in [-0.39, 0.29) is 5.69 Å². The first-order valence-electron chi connectivity index (χ1n) is 8.21. The van der Waals surface area contributed by atoms with Crippen LogP contribution in [-0.4, -0.2) is 46.2 Å². The summed E-state index contributed by atoms with van der Waals surface area (Å²) in [4.78, 5) is 27.1. The maximum absolute atomic E-state index is 13.1. The van der Waals surface area contributed by atoms with Gasteiger partial charge in [-0.1, -0.05) is 0 Å². The summed E-state index contributed by atoms with van der Waals surface area (Å²) in [7, 11) is 0. The third kappa shape index (κ3) is 3.92. The molecule has 0 atom stereocenters. The lowest BCUT2D eigenvalue weighted by Crippen LogP contribution is -2.52. The Kier molecular flexibility index (Phi) is 5.06. The van der Waals surface area contributed by atoms with Crippen molar-refractivity contribution in [1.82, 2.24) is 15.0 Å². The molecule has 0 aliphatic carbocycles. The maximum Gasteiger partial charge on any atom is 0.471 e. The molecular weight excluding hydrogens is 347 g/mol. The van der Waals surface area contributed by atoms with E-state index in [0.29, 0.717) is 31.8 Å². The summed E-state index contributed by atoms with van der Waals surface area (Å²) in [6.45, 7) is 2.79. The number of piperidine rings is 1. The Hall–Kier alpha value is -2.71. The zero-order chi connectivity index (χ0) is 18.7. The number of amides is 1. The Morgan fingerprint density at radius 3 is 2.54 bits per heavy atom. The average molecular weight is 365 g/mol. The second-order valence-electron chi connectivity index (χ2n) is 6.06. The second kappa shape index (κ2) is 7.27. The number of carbonyl (C=O) groups excluding carboxylic acids is 1. The smallest absolute Gasteiger partial charge is 0.356 e. The van der Waals surface area contributed by atoms with Crippen molar-refractivity contribution >= 4 is 17.4 Å². The highest BCUT2D eigenvalue weighted by Gasteiger charge is 2.45. The molecule has 0 radical (unpaired) electrons. The summed E-state index contributed by atoms with van der Waals surface area (Å²) in [6, 6.07) is 4.21. The van der Waals surface area contributed by atoms with E-state index in [0.717, 1.165) is 10.7 Å². The number of aryl methyl sites for hydroxylation is 1. The van der Waals surface area contributed by atoms with Gasteiger partial charge in [-0.25, -0.2) is 9.97 Å². The molecule has 1 aliphatic rings. The molecule has 1 amide bonds. The summed E-state index contributed by atoms with van der Waals surface area (Å²) in [5, 5.41) is 0. The number of alkyl halides is 3. The highest BCUT2D eigenvalue weighted by atomic mass is 19.4. The van der Waals surface area contributed by atoms with Crippen molar-refractivity contribution in [1.29, 1.82) is 0 Å². The Morgan fingerprint density at radius 1 is 1.23 bits per heavy atom. The van der Waals surface area contributed by atoms with Gasteiger partial charge in [-0.15, -0.1) is 0 Å². The molecule has 1 saturated heterocycles. The molecule has 0 bridgehead atoms. The van der Waals surface area contributed by atoms with Crippen molar-refractivity contribution in [2.45, 2.75) is 32.0 Å². The number of carbonyl (C=O) groups is 1. The highest BCUT2D eigenvalue weighted by Crippen LogP contribution is 2.29. The normalized spacial score (nSPS) is 15.8. The van der Waals surface area contributed by atoms with Gasteiger partial charge < -0.3 is 4.90 Å². The predicted molar refractivity (Wildman–Crippen MR) is 89.8 cm³/mol. The van der Waals surface area contributed by atoms with Crippen LogP contribution in [0.25, 0.3) is 0 Å². The summed E-state index contributed by atoms with van der Waals surface area (Å²) in [5.41, 5.74) is 0.158. The summed E-state index contributed by atoms with van der Waals surface area (Å²) in [5.74, 6) is -0.485. The summed E-state index contributed by atoms with van der Waals surface area (Å²) >= 11 is 0. The van der Waals surface area contributed by atoms with Gasteiger partial charge in [0.05, 0.1) is 11.9 Å². The second-order valence-corrected chi connectivity index (χ2v) is 6.06. The number of pyridine rings is 1. The molecule has 0 unspecified atom stereocenters. The zero-order valence-corrected chi connectivity index (χ0v) is 14.1. The van der Waals surface area contributed by atoms with Gasteiger partial charge in [-0.2, -0.15) is 13.2 Å². The Labute approximate surface area is 148 Å². The largest absolute Gasteiger partial charge is 0.471 e. The van der Waals surface area contributed by atoms with Crippen LogP contribution in [0, 0.1) is 6.92 Å². The van der Waals surface area contributed by atoms with Crippen LogP contribution in [0.4, 0.5) is 24.7 Å². The van der Waals surface area contributed by atoms with E-state index < -0.39 is 18.1 Å². The molecule has 138 valence electrons. The van der Waals surface area contributed by atoms with Gasteiger partial charge in [0.1, 0.15) is 11.6 Å². The van der Waals surface area contributed by atoms with Crippen LogP contribution in [0.1, 0.15) is 18.7 Å². The number of aromatic nitrogens is 3. The fourth-order valence-corrected chi connectivity index (χ4v) is 3.10. The summed E-state index contributed by atoms with van der Waals surface area (Å²) < 4.78 is 39.3. The van der Waals surface area contributed by atoms with Gasteiger partial charge in [0.25, 0.3) is 0 Å². The fraction of sp³-hybridized carbons (Fsp3) is 0.412. The molecule has 1 aliphatic heterocycles. The Morgan fingerprint density at radius 2 is 1.96 bits per heavy atom. The number of hydrogen-bond donors (Lipinski definition) is 0. The molecule has 2 aromatic rings. The molecule has 0 N–H and O–H groups in total. The van der Waals surface area contributed by atoms with Gasteiger partial charge in [0.2, 0.25) is 0 Å². The minimum atomic E-state index is -4.93. The van der Waals surface area contributed by atoms with Crippen LogP contribution in [-0.2, 0) is 4.79 Å². The van der Waals surface area contributed by atoms with E-state index in [1.807, 2.05) is 4.90 Å². The standard InChI is InChI=1S/C17H18F3N5O/c1-12-22-8-4-15(23-12)24-9-5-13(6-10-24)25(16(26)17(18,19)20)14-3-2-7-21-11-14/h2-4,7-8,11,13H,5-6,9-10H2,1H3. The number of hydrogen-bond acceptors (Lipinski definition) is 5. The van der Waals surface area contributed by atoms with Crippen molar-refractivity contribution in [2.24, 2.45) is 0 Å². The molecular formula is C17H18F3N5O. The molecule has 3 rings (SSSR count). The number of nitrogens with zero attached hydrogens (tertiary/aromatic N) is 5. The molecule has 26 heavy (non-hydrogen) atoms. The zero-order valence-electron chi connectivity index (χ0n) is 14.1. The van der Waals surface area contributed by atoms with E-state index in [2.05, 4.69) is 15.0 Å². The van der Waals surface area contributed by atoms with Crippen LogP contribution in [0.15, 0.2) is 36.8 Å². The van der Waals surface area contributed by atoms with Crippen LogP contribution in [0.2, 0.25) is 0 Å². The van der Waals surface area contributed by atoms with Crippen molar-refractivity contribution in [3.05, 3.63) is 42.6 Å². The Balaban J connectivity index is 1.78. The van der Waals surface area contributed by atoms with Crippen LogP contribution in [0.3, 0.4) is 0 Å². The van der Waals surface area contributed by atoms with E-state index in [4.69, 9.17) is 0 Å². The topological polar surface area (TPSA) is 62.2 Å². The lowest BCUT2D eigenvalue weighted by Gasteiger charge is -2.39. The van der Waals surface area contributed by atoms with E-state index in [1.165, 1.54) is 24.5 Å². The van der Waals surface area contributed by atoms with Crippen molar-refractivity contribution in [3.63, 3.8) is 0 Å². The number of halogens is 3. The molecule has 3 heterocycles. The van der Waals surface area contributed by atoms with Gasteiger partial charge in [0.15, 0.2) is 0 Å². The fourth-order valence-electron chi connectivity index (χ4n) is 3.10. The lowest BCUT2D eigenvalue weighted by atomic mass is 10.0. The lowest BCUT2D eigenvalue weighted by molar-refractivity contribution is -0.171. The molecule has 9 heteroatoms. The highest BCUT2D eigenvalue weighted by molar-refractivity contribution is 5.97. The van der Waals surface area contributed by atoms with Crippen LogP contribution in [0.5, 0.6) is 0 Å². The first-order valence-corrected chi connectivity index (χ1v) is 8.21. The van der Waals surface area contributed by atoms with Crippen molar-refractivity contribution in [3.8, 4) is 0 Å². The van der Waals surface area contributed by atoms with E-state index >= 15 is 0 Å². The third-order valence-corrected chi connectivity index (χ3v) is 4.30. The van der Waals surface area contributed by atoms with E-state index in [9.17, 15) is 18.0 Å². The average Bonchev–Trinajstić information content (AvgIpc) is 2.62. The molecule has 0 aromatic carbocycles. The first-order chi connectivity index (χ1) is 12.4. The predicted octanol–water partition coefficient (Wildman–Crippen LogP) is 2.74. The molecule has 1 fully saturated rings. The quantitative estimate of drug-likeness (QED) is 0.837.